The number of aliphatic hydroxyl groups is 1. The lowest BCUT2D eigenvalue weighted by Gasteiger charge is -2.25. The molecular weight excluding hydrogens is 174 g/mol. The summed E-state index contributed by atoms with van der Waals surface area (Å²) < 4.78 is 0. The van der Waals surface area contributed by atoms with Crippen LogP contribution in [0.15, 0.2) is 30.3 Å². The highest BCUT2D eigenvalue weighted by Gasteiger charge is 2.20. The average molecular weight is 193 g/mol. The van der Waals surface area contributed by atoms with Crippen LogP contribution in [0.5, 0.6) is 0 Å². The predicted octanol–water partition coefficient (Wildman–Crippen LogP) is 2.24. The van der Waals surface area contributed by atoms with Gasteiger partial charge in [0.15, 0.2) is 0 Å². The Balaban J connectivity index is 2.56. The van der Waals surface area contributed by atoms with Crippen molar-refractivity contribution in [1.82, 2.24) is 5.32 Å². The molecule has 0 bridgehead atoms. The highest BCUT2D eigenvalue weighted by Crippen LogP contribution is 2.16. The van der Waals surface area contributed by atoms with E-state index in [4.69, 9.17) is 0 Å². The maximum absolute atomic E-state index is 10.1. The van der Waals surface area contributed by atoms with Crippen molar-refractivity contribution >= 4 is 0 Å². The van der Waals surface area contributed by atoms with Crippen LogP contribution in [0.2, 0.25) is 0 Å². The van der Waals surface area contributed by atoms with Crippen LogP contribution >= 0.6 is 0 Å². The molecule has 78 valence electrons. The first kappa shape index (κ1) is 11.2. The van der Waals surface area contributed by atoms with Gasteiger partial charge >= 0.3 is 0 Å². The van der Waals surface area contributed by atoms with Crippen LogP contribution in [-0.2, 0) is 5.72 Å². The summed E-state index contributed by atoms with van der Waals surface area (Å²) >= 11 is 0. The molecule has 1 rings (SSSR count). The molecule has 0 spiro atoms. The Morgan fingerprint density at radius 1 is 1.29 bits per heavy atom. The maximum atomic E-state index is 10.1. The number of nitrogens with one attached hydrogen (secondary N) is 1. The molecule has 0 radical (unpaired) electrons. The van der Waals surface area contributed by atoms with Gasteiger partial charge in [0.05, 0.1) is 0 Å². The summed E-state index contributed by atoms with van der Waals surface area (Å²) in [6.45, 7) is 4.77. The molecule has 1 atom stereocenters. The maximum Gasteiger partial charge on any atom is 0.139 e. The smallest absolute Gasteiger partial charge is 0.139 e. The van der Waals surface area contributed by atoms with Crippen molar-refractivity contribution in [3.63, 3.8) is 0 Å². The van der Waals surface area contributed by atoms with Crippen molar-refractivity contribution in [2.75, 3.05) is 6.54 Å². The first-order chi connectivity index (χ1) is 6.67. The topological polar surface area (TPSA) is 32.3 Å². The lowest BCUT2D eigenvalue weighted by atomic mass is 10.0. The highest BCUT2D eigenvalue weighted by molar-refractivity contribution is 5.20. The Labute approximate surface area is 86.0 Å². The molecule has 0 aliphatic heterocycles. The van der Waals surface area contributed by atoms with Gasteiger partial charge in [-0.2, -0.15) is 0 Å². The van der Waals surface area contributed by atoms with Crippen molar-refractivity contribution < 1.29 is 5.11 Å². The van der Waals surface area contributed by atoms with Crippen molar-refractivity contribution in [3.8, 4) is 0 Å². The van der Waals surface area contributed by atoms with Gasteiger partial charge in [0, 0.05) is 0 Å². The van der Waals surface area contributed by atoms with Gasteiger partial charge in [-0.25, -0.2) is 0 Å². The molecule has 0 amide bonds. The molecule has 2 nitrogen and oxygen atoms in total. The molecule has 1 unspecified atom stereocenters. The van der Waals surface area contributed by atoms with Crippen molar-refractivity contribution in [2.45, 2.75) is 32.4 Å². The zero-order chi connectivity index (χ0) is 10.4. The van der Waals surface area contributed by atoms with Crippen LogP contribution in [0, 0.1) is 0 Å². The summed E-state index contributed by atoms with van der Waals surface area (Å²) in [5.41, 5.74) is 0.00674. The minimum Gasteiger partial charge on any atom is -0.372 e. The monoisotopic (exact) mass is 193 g/mol. The van der Waals surface area contributed by atoms with Crippen LogP contribution in [0.4, 0.5) is 0 Å². The second-order valence-corrected chi connectivity index (χ2v) is 3.72. The van der Waals surface area contributed by atoms with Gasteiger partial charge < -0.3 is 5.11 Å². The first-order valence-electron chi connectivity index (χ1n) is 5.19. The summed E-state index contributed by atoms with van der Waals surface area (Å²) in [6, 6.07) is 9.68. The largest absolute Gasteiger partial charge is 0.372 e. The van der Waals surface area contributed by atoms with E-state index < -0.39 is 5.72 Å². The van der Waals surface area contributed by atoms with Crippen LogP contribution in [0.3, 0.4) is 0 Å². The third-order valence-corrected chi connectivity index (χ3v) is 2.34. The minimum absolute atomic E-state index is 0.846. The molecule has 0 aliphatic rings. The van der Waals surface area contributed by atoms with E-state index in [2.05, 4.69) is 12.2 Å². The molecule has 1 aromatic carbocycles. The van der Waals surface area contributed by atoms with Crippen molar-refractivity contribution in [1.29, 1.82) is 0 Å². The third-order valence-electron chi connectivity index (χ3n) is 2.34. The van der Waals surface area contributed by atoms with Gasteiger partial charge in [-0.1, -0.05) is 43.7 Å². The normalized spacial score (nSPS) is 15.1. The number of unbranched alkanes of at least 4 members (excludes halogenated alkanes) is 1. The molecule has 0 aromatic heterocycles. The SMILES string of the molecule is CCCCNC(C)(O)c1ccccc1. The molecular formula is C12H19NO. The van der Waals surface area contributed by atoms with E-state index in [1.165, 1.54) is 0 Å². The second kappa shape index (κ2) is 5.13. The molecule has 2 N–H and O–H groups in total. The van der Waals surface area contributed by atoms with Gasteiger partial charge in [-0.15, -0.1) is 0 Å². The minimum atomic E-state index is -0.906. The Morgan fingerprint density at radius 3 is 2.50 bits per heavy atom. The third kappa shape index (κ3) is 3.13. The summed E-state index contributed by atoms with van der Waals surface area (Å²) in [4.78, 5) is 0. The Kier molecular flexibility index (Phi) is 4.11. The molecule has 0 fully saturated rings. The van der Waals surface area contributed by atoms with Crippen LogP contribution in [-0.4, -0.2) is 11.7 Å². The van der Waals surface area contributed by atoms with E-state index >= 15 is 0 Å². The zero-order valence-corrected chi connectivity index (χ0v) is 8.96. The zero-order valence-electron chi connectivity index (χ0n) is 8.96. The Bertz CT molecular complexity index is 256. The van der Waals surface area contributed by atoms with Gasteiger partial charge in [0.1, 0.15) is 5.72 Å². The molecule has 2 heteroatoms. The standard InChI is InChI=1S/C12H19NO/c1-3-4-10-13-12(2,14)11-8-6-5-7-9-11/h5-9,13-14H,3-4,10H2,1-2H3. The average Bonchev–Trinajstić information content (AvgIpc) is 2.19. The summed E-state index contributed by atoms with van der Waals surface area (Å²) in [5, 5.41) is 13.2. The fraction of sp³-hybridized carbons (Fsp3) is 0.500. The molecule has 1 aromatic rings. The summed E-state index contributed by atoms with van der Waals surface area (Å²) in [7, 11) is 0. The number of benzene rings is 1. The second-order valence-electron chi connectivity index (χ2n) is 3.72. The summed E-state index contributed by atoms with van der Waals surface area (Å²) in [6.07, 6.45) is 2.22. The van der Waals surface area contributed by atoms with E-state index in [0.29, 0.717) is 0 Å². The van der Waals surface area contributed by atoms with E-state index in [-0.39, 0.29) is 0 Å². The number of rotatable bonds is 5. The Morgan fingerprint density at radius 2 is 1.93 bits per heavy atom. The quantitative estimate of drug-likeness (QED) is 0.555. The van der Waals surface area contributed by atoms with E-state index in [1.807, 2.05) is 30.3 Å². The molecule has 0 aliphatic carbocycles. The van der Waals surface area contributed by atoms with Crippen LogP contribution in [0.25, 0.3) is 0 Å². The number of hydrogen-bond donors (Lipinski definition) is 2. The lowest BCUT2D eigenvalue weighted by Crippen LogP contribution is -2.39. The molecule has 0 saturated carbocycles. The van der Waals surface area contributed by atoms with E-state index in [1.54, 1.807) is 6.92 Å². The van der Waals surface area contributed by atoms with Crippen LogP contribution < -0.4 is 5.32 Å². The van der Waals surface area contributed by atoms with Gasteiger partial charge in [-0.3, -0.25) is 5.32 Å². The van der Waals surface area contributed by atoms with Gasteiger partial charge in [0.2, 0.25) is 0 Å². The van der Waals surface area contributed by atoms with Gasteiger partial charge in [-0.05, 0) is 25.5 Å². The highest BCUT2D eigenvalue weighted by atomic mass is 16.3. The fourth-order valence-electron chi connectivity index (χ4n) is 1.37. The first-order valence-corrected chi connectivity index (χ1v) is 5.19. The molecule has 0 saturated heterocycles. The predicted molar refractivity (Wildman–Crippen MR) is 58.9 cm³/mol. The number of hydrogen-bond acceptors (Lipinski definition) is 2. The van der Waals surface area contributed by atoms with Crippen molar-refractivity contribution in [3.05, 3.63) is 35.9 Å². The molecule has 14 heavy (non-hydrogen) atoms. The summed E-state index contributed by atoms with van der Waals surface area (Å²) in [5.74, 6) is 0. The molecule has 0 heterocycles. The Hall–Kier alpha value is -0.860. The lowest BCUT2D eigenvalue weighted by molar-refractivity contribution is 0.0199. The van der Waals surface area contributed by atoms with E-state index in [0.717, 1.165) is 24.9 Å². The van der Waals surface area contributed by atoms with Crippen molar-refractivity contribution in [2.24, 2.45) is 0 Å². The van der Waals surface area contributed by atoms with Gasteiger partial charge in [0.25, 0.3) is 0 Å². The van der Waals surface area contributed by atoms with E-state index in [9.17, 15) is 5.11 Å². The fourth-order valence-corrected chi connectivity index (χ4v) is 1.37. The van der Waals surface area contributed by atoms with Crippen LogP contribution in [0.1, 0.15) is 32.3 Å².